The van der Waals surface area contributed by atoms with Crippen LogP contribution in [-0.2, 0) is 21.7 Å². The van der Waals surface area contributed by atoms with Crippen molar-refractivity contribution < 1.29 is 14.3 Å². The third-order valence-electron chi connectivity index (χ3n) is 7.57. The van der Waals surface area contributed by atoms with Crippen molar-refractivity contribution in [2.75, 3.05) is 26.3 Å². The molecule has 0 N–H and O–H groups in total. The molecule has 1 aromatic heterocycles. The maximum atomic E-state index is 13.2. The lowest BCUT2D eigenvalue weighted by Crippen LogP contribution is -2.30. The Labute approximate surface area is 234 Å². The number of halogens is 1. The highest BCUT2D eigenvalue weighted by molar-refractivity contribution is 6.31. The van der Waals surface area contributed by atoms with E-state index in [1.807, 2.05) is 59.5 Å². The van der Waals surface area contributed by atoms with Gasteiger partial charge in [0, 0.05) is 41.0 Å². The van der Waals surface area contributed by atoms with E-state index in [1.165, 1.54) is 0 Å². The number of fused-ring (bicyclic) bond motifs is 1. The molecule has 5 nitrogen and oxygen atoms in total. The first-order valence-electron chi connectivity index (χ1n) is 13.6. The molecule has 2 saturated heterocycles. The van der Waals surface area contributed by atoms with Crippen LogP contribution in [0.3, 0.4) is 0 Å². The van der Waals surface area contributed by atoms with E-state index in [4.69, 9.17) is 26.1 Å². The van der Waals surface area contributed by atoms with Crippen molar-refractivity contribution in [3.8, 4) is 0 Å². The van der Waals surface area contributed by atoms with E-state index in [1.54, 1.807) is 0 Å². The van der Waals surface area contributed by atoms with Gasteiger partial charge in [-0.15, -0.1) is 0 Å². The first-order valence-corrected chi connectivity index (χ1v) is 14.0. The molecule has 198 valence electrons. The number of likely N-dealkylation sites (tertiary alicyclic amines) is 1. The van der Waals surface area contributed by atoms with Crippen LogP contribution in [-0.4, -0.2) is 42.1 Å². The molecule has 0 radical (unpaired) electrons. The summed E-state index contributed by atoms with van der Waals surface area (Å²) in [6, 6.07) is 26.0. The minimum Gasteiger partial charge on any atom is -0.343 e. The Bertz CT molecular complexity index is 1520. The van der Waals surface area contributed by atoms with Crippen molar-refractivity contribution in [1.29, 1.82) is 0 Å². The molecule has 0 unspecified atom stereocenters. The third kappa shape index (κ3) is 5.62. The summed E-state index contributed by atoms with van der Waals surface area (Å²) in [7, 11) is 0. The predicted octanol–water partition coefficient (Wildman–Crippen LogP) is 7.13. The number of carbonyl (C=O) groups excluding carboxylic acids is 1. The molecule has 3 heterocycles. The second-order valence-electron chi connectivity index (χ2n) is 10.1. The molecule has 6 heteroatoms. The van der Waals surface area contributed by atoms with Gasteiger partial charge in [-0.05, 0) is 66.8 Å². The summed E-state index contributed by atoms with van der Waals surface area (Å²) in [4.78, 5) is 19.9. The summed E-state index contributed by atoms with van der Waals surface area (Å²) in [6.07, 6.45) is 7.51. The van der Waals surface area contributed by atoms with Crippen molar-refractivity contribution in [2.45, 2.75) is 31.5 Å². The number of pyridine rings is 1. The zero-order valence-electron chi connectivity index (χ0n) is 21.8. The molecule has 0 bridgehead atoms. The van der Waals surface area contributed by atoms with Gasteiger partial charge < -0.3 is 14.4 Å². The van der Waals surface area contributed by atoms with Crippen LogP contribution in [0, 0.1) is 0 Å². The Morgan fingerprint density at radius 3 is 2.56 bits per heavy atom. The topological polar surface area (TPSA) is 51.7 Å². The van der Waals surface area contributed by atoms with Gasteiger partial charge in [0.15, 0.2) is 5.79 Å². The molecule has 6 rings (SSSR count). The fourth-order valence-corrected chi connectivity index (χ4v) is 5.67. The van der Waals surface area contributed by atoms with E-state index in [-0.39, 0.29) is 5.91 Å². The average molecular weight is 539 g/mol. The minimum absolute atomic E-state index is 0.127. The number of hydrogen-bond donors (Lipinski definition) is 0. The SMILES string of the molecule is O=C(c1ccccc1CCC1(c2cccc(/C=C/c3ccc4ccc(Cl)cc4n3)c2)OCCO1)N1CCCC1. The fraction of sp³-hybridized carbons (Fsp3) is 0.273. The third-order valence-corrected chi connectivity index (χ3v) is 7.80. The van der Waals surface area contributed by atoms with Crippen LogP contribution < -0.4 is 0 Å². The van der Waals surface area contributed by atoms with E-state index >= 15 is 0 Å². The number of aryl methyl sites for hydroxylation is 1. The largest absolute Gasteiger partial charge is 0.343 e. The number of ether oxygens (including phenoxy) is 2. The Morgan fingerprint density at radius 2 is 1.72 bits per heavy atom. The zero-order valence-corrected chi connectivity index (χ0v) is 22.6. The average Bonchev–Trinajstić information content (AvgIpc) is 3.68. The Morgan fingerprint density at radius 1 is 0.923 bits per heavy atom. The number of carbonyl (C=O) groups is 1. The Hall–Kier alpha value is -3.51. The molecule has 0 aliphatic carbocycles. The van der Waals surface area contributed by atoms with E-state index in [9.17, 15) is 4.79 Å². The minimum atomic E-state index is -0.842. The molecule has 4 aromatic rings. The molecule has 2 aliphatic rings. The van der Waals surface area contributed by atoms with Crippen molar-refractivity contribution in [3.63, 3.8) is 0 Å². The van der Waals surface area contributed by atoms with Crippen LogP contribution in [0.15, 0.2) is 78.9 Å². The number of amides is 1. The molecular formula is C33H31ClN2O3. The second kappa shape index (κ2) is 11.3. The first kappa shape index (κ1) is 25.8. The van der Waals surface area contributed by atoms with Crippen LogP contribution in [0.5, 0.6) is 0 Å². The molecule has 2 fully saturated rings. The van der Waals surface area contributed by atoms with Gasteiger partial charge in [0.05, 0.1) is 24.4 Å². The van der Waals surface area contributed by atoms with Gasteiger partial charge >= 0.3 is 0 Å². The van der Waals surface area contributed by atoms with E-state index in [0.29, 0.717) is 31.1 Å². The summed E-state index contributed by atoms with van der Waals surface area (Å²) < 4.78 is 12.5. The van der Waals surface area contributed by atoms with Gasteiger partial charge in [-0.25, -0.2) is 4.98 Å². The molecule has 0 atom stereocenters. The van der Waals surface area contributed by atoms with Gasteiger partial charge in [0.2, 0.25) is 0 Å². The molecule has 0 saturated carbocycles. The second-order valence-corrected chi connectivity index (χ2v) is 10.6. The summed E-state index contributed by atoms with van der Waals surface area (Å²) in [5.41, 5.74) is 5.55. The number of benzene rings is 3. The van der Waals surface area contributed by atoms with Crippen molar-refractivity contribution in [2.24, 2.45) is 0 Å². The van der Waals surface area contributed by atoms with Gasteiger partial charge in [0.1, 0.15) is 0 Å². The monoisotopic (exact) mass is 538 g/mol. The maximum Gasteiger partial charge on any atom is 0.254 e. The highest BCUT2D eigenvalue weighted by Crippen LogP contribution is 2.37. The van der Waals surface area contributed by atoms with Gasteiger partial charge in [0.25, 0.3) is 5.91 Å². The molecule has 3 aromatic carbocycles. The lowest BCUT2D eigenvalue weighted by atomic mass is 9.94. The highest BCUT2D eigenvalue weighted by Gasteiger charge is 2.38. The van der Waals surface area contributed by atoms with Crippen LogP contribution in [0.25, 0.3) is 23.1 Å². The van der Waals surface area contributed by atoms with Crippen molar-refractivity contribution in [1.82, 2.24) is 9.88 Å². The predicted molar refractivity (Wildman–Crippen MR) is 156 cm³/mol. The highest BCUT2D eigenvalue weighted by atomic mass is 35.5. The lowest BCUT2D eigenvalue weighted by molar-refractivity contribution is -0.170. The molecule has 2 aliphatic heterocycles. The van der Waals surface area contributed by atoms with Crippen LogP contribution in [0.2, 0.25) is 5.02 Å². The molecule has 0 spiro atoms. The van der Waals surface area contributed by atoms with Crippen molar-refractivity contribution >= 4 is 40.6 Å². The number of aromatic nitrogens is 1. The van der Waals surface area contributed by atoms with Crippen LogP contribution in [0.1, 0.15) is 52.0 Å². The van der Waals surface area contributed by atoms with Gasteiger partial charge in [-0.1, -0.05) is 66.2 Å². The van der Waals surface area contributed by atoms with Crippen molar-refractivity contribution in [3.05, 3.63) is 112 Å². The number of hydrogen-bond acceptors (Lipinski definition) is 4. The standard InChI is InChI=1S/C33H31ClN2O3/c34-28-13-11-26-12-15-29(35-31(26)23-28)14-10-24-6-5-8-27(22-24)33(38-20-21-39-33)17-16-25-7-1-2-9-30(25)32(37)36-18-3-4-19-36/h1-2,5-15,22-23H,3-4,16-21H2/b14-10+. The number of rotatable bonds is 7. The normalized spacial score (nSPS) is 16.9. The van der Waals surface area contributed by atoms with E-state index < -0.39 is 5.79 Å². The van der Waals surface area contributed by atoms with E-state index in [2.05, 4.69) is 36.4 Å². The maximum absolute atomic E-state index is 13.2. The van der Waals surface area contributed by atoms with Crippen LogP contribution in [0.4, 0.5) is 0 Å². The number of nitrogens with zero attached hydrogens (tertiary/aromatic N) is 2. The molecular weight excluding hydrogens is 508 g/mol. The summed E-state index contributed by atoms with van der Waals surface area (Å²) in [6.45, 7) is 2.76. The summed E-state index contributed by atoms with van der Waals surface area (Å²) in [5.74, 6) is -0.715. The molecule has 39 heavy (non-hydrogen) atoms. The van der Waals surface area contributed by atoms with Gasteiger partial charge in [-0.3, -0.25) is 4.79 Å². The fourth-order valence-electron chi connectivity index (χ4n) is 5.51. The smallest absolute Gasteiger partial charge is 0.254 e. The zero-order chi connectivity index (χ0) is 26.7. The van der Waals surface area contributed by atoms with Crippen LogP contribution >= 0.6 is 11.6 Å². The first-order chi connectivity index (χ1) is 19.1. The summed E-state index contributed by atoms with van der Waals surface area (Å²) in [5, 5.41) is 1.73. The summed E-state index contributed by atoms with van der Waals surface area (Å²) >= 11 is 6.15. The lowest BCUT2D eigenvalue weighted by Gasteiger charge is -2.29. The molecule has 1 amide bonds. The Kier molecular flexibility index (Phi) is 7.47. The Balaban J connectivity index is 1.22. The quantitative estimate of drug-likeness (QED) is 0.251. The van der Waals surface area contributed by atoms with E-state index in [0.717, 1.165) is 64.8 Å². The van der Waals surface area contributed by atoms with Gasteiger partial charge in [-0.2, -0.15) is 0 Å².